The Balaban J connectivity index is 1.52. The van der Waals surface area contributed by atoms with Gasteiger partial charge in [-0.15, -0.1) is 0 Å². The van der Waals surface area contributed by atoms with Crippen LogP contribution in [0, 0.1) is 6.92 Å². The first-order chi connectivity index (χ1) is 11.2. The molecule has 23 heavy (non-hydrogen) atoms. The van der Waals surface area contributed by atoms with E-state index in [0.717, 1.165) is 12.0 Å². The van der Waals surface area contributed by atoms with E-state index >= 15 is 0 Å². The van der Waals surface area contributed by atoms with Gasteiger partial charge in [0.05, 0.1) is 6.17 Å². The van der Waals surface area contributed by atoms with Crippen molar-refractivity contribution in [3.63, 3.8) is 0 Å². The van der Waals surface area contributed by atoms with Crippen molar-refractivity contribution in [3.05, 3.63) is 77.4 Å². The van der Waals surface area contributed by atoms with E-state index in [1.165, 1.54) is 11.1 Å². The zero-order valence-electron chi connectivity index (χ0n) is 13.1. The number of carbonyl (C=O) groups excluding carboxylic acids is 1. The average molecular weight is 307 g/mol. The predicted molar refractivity (Wildman–Crippen MR) is 92.2 cm³/mol. The molecule has 0 spiro atoms. The maximum Gasteiger partial charge on any atom is 0.245 e. The first kappa shape index (κ1) is 15.5. The number of hydrogen-bond acceptors (Lipinski definition) is 3. The molecule has 4 nitrogen and oxygen atoms in total. The maximum absolute atomic E-state index is 12.0. The fourth-order valence-electron chi connectivity index (χ4n) is 2.62. The molecule has 1 fully saturated rings. The average Bonchev–Trinajstić information content (AvgIpc) is 3.03. The van der Waals surface area contributed by atoms with Crippen LogP contribution in [0.25, 0.3) is 6.08 Å². The van der Waals surface area contributed by atoms with Crippen LogP contribution in [0.2, 0.25) is 0 Å². The van der Waals surface area contributed by atoms with Crippen LogP contribution in [0.4, 0.5) is 0 Å². The first-order valence-electron chi connectivity index (χ1n) is 7.82. The molecule has 2 unspecified atom stereocenters. The lowest BCUT2D eigenvalue weighted by Crippen LogP contribution is -2.43. The monoisotopic (exact) mass is 307 g/mol. The highest BCUT2D eigenvalue weighted by Gasteiger charge is 2.25. The molecule has 2 aromatic carbocycles. The van der Waals surface area contributed by atoms with Crippen molar-refractivity contribution < 1.29 is 4.79 Å². The molecule has 0 radical (unpaired) electrons. The van der Waals surface area contributed by atoms with Crippen LogP contribution in [-0.4, -0.2) is 12.1 Å². The topological polar surface area (TPSA) is 53.2 Å². The lowest BCUT2D eigenvalue weighted by molar-refractivity contribution is -0.117. The quantitative estimate of drug-likeness (QED) is 0.761. The fourth-order valence-corrected chi connectivity index (χ4v) is 2.62. The lowest BCUT2D eigenvalue weighted by atomic mass is 10.0. The molecule has 0 saturated carbocycles. The van der Waals surface area contributed by atoms with E-state index in [-0.39, 0.29) is 18.1 Å². The summed E-state index contributed by atoms with van der Waals surface area (Å²) in [6.45, 7) is 2.08. The number of aryl methyl sites for hydroxylation is 1. The Labute approximate surface area is 136 Å². The molecule has 0 aliphatic carbocycles. The van der Waals surface area contributed by atoms with Gasteiger partial charge in [-0.2, -0.15) is 0 Å². The highest BCUT2D eigenvalue weighted by molar-refractivity contribution is 5.91. The Morgan fingerprint density at radius 1 is 1.09 bits per heavy atom. The molecule has 1 saturated heterocycles. The zero-order chi connectivity index (χ0) is 16.1. The largest absolute Gasteiger partial charge is 0.336 e. The number of hydrazine groups is 1. The number of rotatable bonds is 4. The third kappa shape index (κ3) is 4.28. The first-order valence-corrected chi connectivity index (χ1v) is 7.82. The summed E-state index contributed by atoms with van der Waals surface area (Å²) in [4.78, 5) is 12.0. The fraction of sp³-hybridized carbons (Fsp3) is 0.211. The Kier molecular flexibility index (Phi) is 4.86. The van der Waals surface area contributed by atoms with E-state index in [2.05, 4.69) is 47.4 Å². The SMILES string of the molecule is Cc1ccc(C2CC(NC(=O)/C=C/c3ccccc3)NN2)cc1. The minimum Gasteiger partial charge on any atom is -0.336 e. The molecule has 1 aliphatic heterocycles. The van der Waals surface area contributed by atoms with Crippen molar-refractivity contribution in [1.82, 2.24) is 16.2 Å². The van der Waals surface area contributed by atoms with Gasteiger partial charge >= 0.3 is 0 Å². The van der Waals surface area contributed by atoms with Crippen molar-refractivity contribution in [2.45, 2.75) is 25.6 Å². The summed E-state index contributed by atoms with van der Waals surface area (Å²) in [5.74, 6) is -0.0993. The molecular formula is C19H21N3O. The van der Waals surface area contributed by atoms with Crippen LogP contribution < -0.4 is 16.2 Å². The molecule has 0 bridgehead atoms. The zero-order valence-corrected chi connectivity index (χ0v) is 13.1. The van der Waals surface area contributed by atoms with Crippen LogP contribution in [0.5, 0.6) is 0 Å². The Bertz CT molecular complexity index is 680. The van der Waals surface area contributed by atoms with Crippen molar-refractivity contribution in [2.75, 3.05) is 0 Å². The van der Waals surface area contributed by atoms with Crippen LogP contribution in [-0.2, 0) is 4.79 Å². The Morgan fingerprint density at radius 3 is 2.57 bits per heavy atom. The van der Waals surface area contributed by atoms with E-state index in [0.29, 0.717) is 0 Å². The molecule has 118 valence electrons. The summed E-state index contributed by atoms with van der Waals surface area (Å²) in [5, 5.41) is 2.96. The van der Waals surface area contributed by atoms with Crippen LogP contribution in [0.3, 0.4) is 0 Å². The van der Waals surface area contributed by atoms with Gasteiger partial charge in [-0.3, -0.25) is 4.79 Å². The van der Waals surface area contributed by atoms with E-state index in [1.807, 2.05) is 36.4 Å². The number of benzene rings is 2. The van der Waals surface area contributed by atoms with Gasteiger partial charge in [-0.1, -0.05) is 60.2 Å². The van der Waals surface area contributed by atoms with Crippen LogP contribution in [0.1, 0.15) is 29.2 Å². The summed E-state index contributed by atoms with van der Waals surface area (Å²) in [5.41, 5.74) is 9.85. The molecular weight excluding hydrogens is 286 g/mol. The molecule has 3 N–H and O–H groups in total. The minimum atomic E-state index is -0.0993. The molecule has 3 rings (SSSR count). The van der Waals surface area contributed by atoms with Gasteiger partial charge in [0.25, 0.3) is 0 Å². The van der Waals surface area contributed by atoms with E-state index in [4.69, 9.17) is 0 Å². The predicted octanol–water partition coefficient (Wildman–Crippen LogP) is 2.69. The third-order valence-corrected chi connectivity index (χ3v) is 3.93. The van der Waals surface area contributed by atoms with E-state index in [9.17, 15) is 4.79 Å². The van der Waals surface area contributed by atoms with Gasteiger partial charge in [0.2, 0.25) is 5.91 Å². The summed E-state index contributed by atoms with van der Waals surface area (Å²) in [7, 11) is 0. The lowest BCUT2D eigenvalue weighted by Gasteiger charge is -2.10. The second kappa shape index (κ2) is 7.22. The molecule has 0 aromatic heterocycles. The third-order valence-electron chi connectivity index (χ3n) is 3.93. The van der Waals surface area contributed by atoms with Gasteiger partial charge in [0.15, 0.2) is 0 Å². The molecule has 1 amide bonds. The van der Waals surface area contributed by atoms with Crippen LogP contribution in [0.15, 0.2) is 60.7 Å². The Hall–Kier alpha value is -2.43. The minimum absolute atomic E-state index is 0.0748. The molecule has 1 aliphatic rings. The van der Waals surface area contributed by atoms with Gasteiger partial charge < -0.3 is 5.32 Å². The molecule has 2 atom stereocenters. The van der Waals surface area contributed by atoms with Crippen molar-refractivity contribution in [2.24, 2.45) is 0 Å². The smallest absolute Gasteiger partial charge is 0.245 e. The van der Waals surface area contributed by atoms with Gasteiger partial charge in [-0.25, -0.2) is 10.9 Å². The van der Waals surface area contributed by atoms with Crippen molar-refractivity contribution in [3.8, 4) is 0 Å². The standard InChI is InChI=1S/C19H21N3O/c1-14-7-10-16(11-8-14)17-13-18(22-21-17)20-19(23)12-9-15-5-3-2-4-6-15/h2-12,17-18,21-22H,13H2,1H3,(H,20,23)/b12-9+. The number of hydrogen-bond donors (Lipinski definition) is 3. The summed E-state index contributed by atoms with van der Waals surface area (Å²) in [6.07, 6.45) is 4.12. The summed E-state index contributed by atoms with van der Waals surface area (Å²) >= 11 is 0. The molecule has 4 heteroatoms. The number of amides is 1. The Morgan fingerprint density at radius 2 is 1.83 bits per heavy atom. The van der Waals surface area contributed by atoms with E-state index < -0.39 is 0 Å². The summed E-state index contributed by atoms with van der Waals surface area (Å²) in [6, 6.07) is 18.4. The second-order valence-electron chi connectivity index (χ2n) is 5.79. The second-order valence-corrected chi connectivity index (χ2v) is 5.79. The normalized spacial score (nSPS) is 20.7. The molecule has 2 aromatic rings. The van der Waals surface area contributed by atoms with Gasteiger partial charge in [-0.05, 0) is 24.1 Å². The van der Waals surface area contributed by atoms with Gasteiger partial charge in [0.1, 0.15) is 0 Å². The maximum atomic E-state index is 12.0. The van der Waals surface area contributed by atoms with Crippen LogP contribution >= 0.6 is 0 Å². The number of nitrogens with one attached hydrogen (secondary N) is 3. The van der Waals surface area contributed by atoms with Crippen molar-refractivity contribution in [1.29, 1.82) is 0 Å². The van der Waals surface area contributed by atoms with Gasteiger partial charge in [0, 0.05) is 18.5 Å². The highest BCUT2D eigenvalue weighted by atomic mass is 16.1. The number of carbonyl (C=O) groups is 1. The summed E-state index contributed by atoms with van der Waals surface area (Å²) < 4.78 is 0. The highest BCUT2D eigenvalue weighted by Crippen LogP contribution is 2.21. The van der Waals surface area contributed by atoms with E-state index in [1.54, 1.807) is 6.08 Å². The van der Waals surface area contributed by atoms with Crippen molar-refractivity contribution >= 4 is 12.0 Å². The molecule has 1 heterocycles.